The second-order valence-electron chi connectivity index (χ2n) is 2.38. The number of ether oxygens (including phenoxy) is 2. The quantitative estimate of drug-likeness (QED) is 0.459. The summed E-state index contributed by atoms with van der Waals surface area (Å²) in [5, 5.41) is 0. The van der Waals surface area contributed by atoms with Gasteiger partial charge in [0.25, 0.3) is 0 Å². The summed E-state index contributed by atoms with van der Waals surface area (Å²) in [6.07, 6.45) is 1.96. The van der Waals surface area contributed by atoms with Gasteiger partial charge in [0.15, 0.2) is 0 Å². The molecule has 70 valence electrons. The highest BCUT2D eigenvalue weighted by Crippen LogP contribution is 1.96. The van der Waals surface area contributed by atoms with Crippen molar-refractivity contribution in [2.75, 3.05) is 13.7 Å². The number of rotatable bonds is 5. The Kier molecular flexibility index (Phi) is 6.28. The SMILES string of the molecule is CCCCC(=O)OC(=O)COC. The van der Waals surface area contributed by atoms with E-state index in [2.05, 4.69) is 9.47 Å². The van der Waals surface area contributed by atoms with Crippen LogP contribution in [0, 0.1) is 0 Å². The number of hydrogen-bond acceptors (Lipinski definition) is 4. The Hall–Kier alpha value is -0.900. The maximum Gasteiger partial charge on any atom is 0.339 e. The van der Waals surface area contributed by atoms with Crippen molar-refractivity contribution in [2.45, 2.75) is 26.2 Å². The lowest BCUT2D eigenvalue weighted by Gasteiger charge is -2.00. The van der Waals surface area contributed by atoms with E-state index in [4.69, 9.17) is 0 Å². The van der Waals surface area contributed by atoms with Crippen molar-refractivity contribution in [3.63, 3.8) is 0 Å². The van der Waals surface area contributed by atoms with Crippen molar-refractivity contribution >= 4 is 11.9 Å². The fourth-order valence-corrected chi connectivity index (χ4v) is 0.646. The molecule has 0 aromatic carbocycles. The van der Waals surface area contributed by atoms with Gasteiger partial charge in [0, 0.05) is 13.5 Å². The van der Waals surface area contributed by atoms with Crippen LogP contribution in [0.3, 0.4) is 0 Å². The number of esters is 2. The Morgan fingerprint density at radius 2 is 1.92 bits per heavy atom. The van der Waals surface area contributed by atoms with E-state index >= 15 is 0 Å². The van der Waals surface area contributed by atoms with E-state index in [9.17, 15) is 9.59 Å². The van der Waals surface area contributed by atoms with Crippen LogP contribution in [0.2, 0.25) is 0 Å². The second kappa shape index (κ2) is 6.79. The molecule has 0 unspecified atom stereocenters. The molecule has 0 atom stereocenters. The number of carbonyl (C=O) groups is 2. The van der Waals surface area contributed by atoms with Crippen LogP contribution in [0.25, 0.3) is 0 Å². The zero-order valence-electron chi connectivity index (χ0n) is 7.46. The first kappa shape index (κ1) is 11.1. The standard InChI is InChI=1S/C8H14O4/c1-3-4-5-7(9)12-8(10)6-11-2/h3-6H2,1-2H3. The lowest BCUT2D eigenvalue weighted by atomic mass is 10.2. The maximum absolute atomic E-state index is 10.8. The summed E-state index contributed by atoms with van der Waals surface area (Å²) >= 11 is 0. The summed E-state index contributed by atoms with van der Waals surface area (Å²) in [6.45, 7) is 1.79. The predicted octanol–water partition coefficient (Wildman–Crippen LogP) is 0.893. The molecule has 0 N–H and O–H groups in total. The topological polar surface area (TPSA) is 52.6 Å². The highest BCUT2D eigenvalue weighted by atomic mass is 16.6. The van der Waals surface area contributed by atoms with Crippen molar-refractivity contribution in [2.24, 2.45) is 0 Å². The first-order chi connectivity index (χ1) is 5.70. The Morgan fingerprint density at radius 1 is 1.25 bits per heavy atom. The second-order valence-corrected chi connectivity index (χ2v) is 2.38. The summed E-state index contributed by atoms with van der Waals surface area (Å²) in [5.74, 6) is -1.10. The molecule has 0 bridgehead atoms. The Bertz CT molecular complexity index is 153. The van der Waals surface area contributed by atoms with Gasteiger partial charge in [-0.1, -0.05) is 13.3 Å². The first-order valence-electron chi connectivity index (χ1n) is 3.93. The third-order valence-electron chi connectivity index (χ3n) is 1.22. The molecule has 4 heteroatoms. The molecule has 0 heterocycles. The average molecular weight is 174 g/mol. The molecule has 0 amide bonds. The fraction of sp³-hybridized carbons (Fsp3) is 0.750. The van der Waals surface area contributed by atoms with Gasteiger partial charge in [0.1, 0.15) is 6.61 Å². The van der Waals surface area contributed by atoms with Gasteiger partial charge < -0.3 is 9.47 Å². The van der Waals surface area contributed by atoms with E-state index in [0.717, 1.165) is 12.8 Å². The van der Waals surface area contributed by atoms with Crippen LogP contribution < -0.4 is 0 Å². The Labute approximate surface area is 71.8 Å². The fourth-order valence-electron chi connectivity index (χ4n) is 0.646. The van der Waals surface area contributed by atoms with Crippen LogP contribution in [0.5, 0.6) is 0 Å². The molecule has 0 aliphatic rings. The van der Waals surface area contributed by atoms with E-state index in [1.165, 1.54) is 7.11 Å². The minimum atomic E-state index is -0.626. The van der Waals surface area contributed by atoms with Crippen molar-refractivity contribution in [1.82, 2.24) is 0 Å². The van der Waals surface area contributed by atoms with Crippen LogP contribution in [0.15, 0.2) is 0 Å². The van der Waals surface area contributed by atoms with Gasteiger partial charge in [-0.05, 0) is 6.42 Å². The number of unbranched alkanes of at least 4 members (excludes halogenated alkanes) is 1. The molecule has 0 rings (SSSR count). The molecule has 0 fully saturated rings. The lowest BCUT2D eigenvalue weighted by Crippen LogP contribution is -2.16. The minimum absolute atomic E-state index is 0.169. The summed E-state index contributed by atoms with van der Waals surface area (Å²) in [5.41, 5.74) is 0. The van der Waals surface area contributed by atoms with Crippen LogP contribution in [-0.4, -0.2) is 25.7 Å². The van der Waals surface area contributed by atoms with Crippen LogP contribution >= 0.6 is 0 Å². The molecule has 0 saturated heterocycles. The molecular formula is C8H14O4. The molecule has 0 aliphatic carbocycles. The van der Waals surface area contributed by atoms with E-state index in [0.29, 0.717) is 6.42 Å². The van der Waals surface area contributed by atoms with Crippen molar-refractivity contribution in [3.8, 4) is 0 Å². The molecule has 0 aliphatic heterocycles. The Morgan fingerprint density at radius 3 is 2.42 bits per heavy atom. The van der Waals surface area contributed by atoms with Gasteiger partial charge in [0.05, 0.1) is 0 Å². The van der Waals surface area contributed by atoms with Gasteiger partial charge in [-0.25, -0.2) is 4.79 Å². The van der Waals surface area contributed by atoms with Crippen LogP contribution in [0.1, 0.15) is 26.2 Å². The van der Waals surface area contributed by atoms with Gasteiger partial charge in [-0.15, -0.1) is 0 Å². The zero-order chi connectivity index (χ0) is 9.40. The lowest BCUT2D eigenvalue weighted by molar-refractivity contribution is -0.162. The Balaban J connectivity index is 3.47. The summed E-state index contributed by atoms with van der Waals surface area (Å²) in [4.78, 5) is 21.4. The van der Waals surface area contributed by atoms with E-state index in [-0.39, 0.29) is 6.61 Å². The van der Waals surface area contributed by atoms with Gasteiger partial charge in [0.2, 0.25) is 0 Å². The first-order valence-corrected chi connectivity index (χ1v) is 3.93. The van der Waals surface area contributed by atoms with E-state index < -0.39 is 11.9 Å². The number of carbonyl (C=O) groups excluding carboxylic acids is 2. The molecule has 0 aromatic heterocycles. The van der Waals surface area contributed by atoms with Gasteiger partial charge in [-0.3, -0.25) is 4.79 Å². The maximum atomic E-state index is 10.8. The predicted molar refractivity (Wildman–Crippen MR) is 42.5 cm³/mol. The van der Waals surface area contributed by atoms with Gasteiger partial charge in [-0.2, -0.15) is 0 Å². The summed E-state index contributed by atoms with van der Waals surface area (Å²) < 4.78 is 8.87. The third-order valence-corrected chi connectivity index (χ3v) is 1.22. The average Bonchev–Trinajstić information content (AvgIpc) is 2.01. The molecule has 0 spiro atoms. The molecule has 0 radical (unpaired) electrons. The monoisotopic (exact) mass is 174 g/mol. The molecule has 0 saturated carbocycles. The number of methoxy groups -OCH3 is 1. The zero-order valence-corrected chi connectivity index (χ0v) is 7.46. The molecule has 0 aromatic rings. The molecule has 4 nitrogen and oxygen atoms in total. The summed E-state index contributed by atoms with van der Waals surface area (Å²) in [6, 6.07) is 0. The van der Waals surface area contributed by atoms with Crippen molar-refractivity contribution in [1.29, 1.82) is 0 Å². The normalized spacial score (nSPS) is 9.50. The minimum Gasteiger partial charge on any atom is -0.391 e. The number of hydrogen-bond donors (Lipinski definition) is 0. The molecular weight excluding hydrogens is 160 g/mol. The van der Waals surface area contributed by atoms with Crippen LogP contribution in [-0.2, 0) is 19.1 Å². The molecule has 12 heavy (non-hydrogen) atoms. The largest absolute Gasteiger partial charge is 0.391 e. The summed E-state index contributed by atoms with van der Waals surface area (Å²) in [7, 11) is 1.37. The van der Waals surface area contributed by atoms with Crippen LogP contribution in [0.4, 0.5) is 0 Å². The van der Waals surface area contributed by atoms with Crippen molar-refractivity contribution < 1.29 is 19.1 Å². The smallest absolute Gasteiger partial charge is 0.339 e. The highest BCUT2D eigenvalue weighted by Gasteiger charge is 2.08. The van der Waals surface area contributed by atoms with E-state index in [1.807, 2.05) is 6.92 Å². The third kappa shape index (κ3) is 5.85. The van der Waals surface area contributed by atoms with E-state index in [1.54, 1.807) is 0 Å². The van der Waals surface area contributed by atoms with Crippen molar-refractivity contribution in [3.05, 3.63) is 0 Å². The van der Waals surface area contributed by atoms with Gasteiger partial charge >= 0.3 is 11.9 Å². The highest BCUT2D eigenvalue weighted by molar-refractivity contribution is 5.85.